The summed E-state index contributed by atoms with van der Waals surface area (Å²) in [5, 5.41) is 9.37. The molecule has 3 heterocycles. The van der Waals surface area contributed by atoms with Crippen LogP contribution in [0.1, 0.15) is 10.4 Å². The number of rotatable bonds is 4. The average molecular weight is 353 g/mol. The van der Waals surface area contributed by atoms with Crippen LogP contribution in [0.25, 0.3) is 11.5 Å². The lowest BCUT2D eigenvalue weighted by molar-refractivity contribution is 0.102. The Kier molecular flexibility index (Phi) is 3.87. The van der Waals surface area contributed by atoms with Gasteiger partial charge in [0.1, 0.15) is 11.4 Å². The lowest BCUT2D eigenvalue weighted by atomic mass is 10.3. The van der Waals surface area contributed by atoms with E-state index in [0.717, 1.165) is 0 Å². The Labute approximate surface area is 146 Å². The van der Waals surface area contributed by atoms with E-state index in [-0.39, 0.29) is 11.7 Å². The molecule has 0 saturated carbocycles. The summed E-state index contributed by atoms with van der Waals surface area (Å²) in [6.07, 6.45) is 6.74. The fourth-order valence-electron chi connectivity index (χ4n) is 2.45. The summed E-state index contributed by atoms with van der Waals surface area (Å²) in [6, 6.07) is 9.63. The molecule has 0 spiro atoms. The molecule has 0 radical (unpaired) electrons. The predicted octanol–water partition coefficient (Wildman–Crippen LogP) is 3.51. The molecule has 6 nitrogen and oxygen atoms in total. The van der Waals surface area contributed by atoms with Gasteiger partial charge in [0.2, 0.25) is 0 Å². The van der Waals surface area contributed by atoms with Crippen LogP contribution in [0, 0.1) is 5.82 Å². The van der Waals surface area contributed by atoms with E-state index in [0.29, 0.717) is 22.2 Å². The van der Waals surface area contributed by atoms with E-state index < -0.39 is 0 Å². The number of halogens is 1. The molecule has 4 aromatic rings. The standard InChI is InChI=1S/C17H12FN5OS/c18-12-3-5-13(6-4-12)23-16(22-8-1-2-9-22)14(11-20-23)15(24)21-17-19-7-10-25-17/h1-11H,(H,19,21,24). The number of carbonyl (C=O) groups is 1. The third-order valence-corrected chi connectivity index (χ3v) is 4.25. The van der Waals surface area contributed by atoms with Gasteiger partial charge in [-0.1, -0.05) is 0 Å². The zero-order valence-electron chi connectivity index (χ0n) is 12.8. The molecule has 1 N–H and O–H groups in total. The zero-order valence-corrected chi connectivity index (χ0v) is 13.7. The minimum absolute atomic E-state index is 0.313. The smallest absolute Gasteiger partial charge is 0.262 e. The Morgan fingerprint density at radius 2 is 1.92 bits per heavy atom. The van der Waals surface area contributed by atoms with Gasteiger partial charge in [-0.05, 0) is 36.4 Å². The van der Waals surface area contributed by atoms with Crippen LogP contribution in [0.5, 0.6) is 0 Å². The van der Waals surface area contributed by atoms with Crippen molar-refractivity contribution in [2.24, 2.45) is 0 Å². The van der Waals surface area contributed by atoms with E-state index in [4.69, 9.17) is 0 Å². The molecule has 8 heteroatoms. The van der Waals surface area contributed by atoms with Crippen molar-refractivity contribution in [3.63, 3.8) is 0 Å². The maximum Gasteiger partial charge on any atom is 0.262 e. The second-order valence-corrected chi connectivity index (χ2v) is 6.05. The number of aromatic nitrogens is 4. The van der Waals surface area contributed by atoms with Crippen LogP contribution < -0.4 is 5.32 Å². The Hall–Kier alpha value is -3.26. The number of amides is 1. The second kappa shape index (κ2) is 6.33. The summed E-state index contributed by atoms with van der Waals surface area (Å²) in [6.45, 7) is 0. The minimum Gasteiger partial charge on any atom is -0.308 e. The van der Waals surface area contributed by atoms with Gasteiger partial charge in [0.05, 0.1) is 11.9 Å². The lowest BCUT2D eigenvalue weighted by Gasteiger charge is -2.10. The highest BCUT2D eigenvalue weighted by Gasteiger charge is 2.20. The summed E-state index contributed by atoms with van der Waals surface area (Å²) < 4.78 is 16.6. The van der Waals surface area contributed by atoms with Crippen molar-refractivity contribution >= 4 is 22.4 Å². The molecule has 0 saturated heterocycles. The minimum atomic E-state index is -0.333. The highest BCUT2D eigenvalue weighted by atomic mass is 32.1. The maximum absolute atomic E-state index is 13.2. The van der Waals surface area contributed by atoms with E-state index in [1.807, 2.05) is 24.5 Å². The molecule has 124 valence electrons. The summed E-state index contributed by atoms with van der Waals surface area (Å²) in [5.41, 5.74) is 1.04. The van der Waals surface area contributed by atoms with Gasteiger partial charge in [0.15, 0.2) is 10.9 Å². The van der Waals surface area contributed by atoms with E-state index in [1.54, 1.807) is 33.0 Å². The monoisotopic (exact) mass is 353 g/mol. The molecule has 25 heavy (non-hydrogen) atoms. The molecule has 0 aliphatic heterocycles. The van der Waals surface area contributed by atoms with Crippen LogP contribution in [-0.4, -0.2) is 25.2 Å². The number of anilines is 1. The third-order valence-electron chi connectivity index (χ3n) is 3.56. The molecular formula is C17H12FN5OS. The second-order valence-electron chi connectivity index (χ2n) is 5.15. The Morgan fingerprint density at radius 3 is 2.60 bits per heavy atom. The molecule has 0 aliphatic rings. The quantitative estimate of drug-likeness (QED) is 0.611. The fraction of sp³-hybridized carbons (Fsp3) is 0. The van der Waals surface area contributed by atoms with Crippen molar-refractivity contribution in [3.8, 4) is 11.5 Å². The average Bonchev–Trinajstić information content (AvgIpc) is 3.36. The van der Waals surface area contributed by atoms with Gasteiger partial charge in [-0.25, -0.2) is 14.1 Å². The summed E-state index contributed by atoms with van der Waals surface area (Å²) >= 11 is 1.34. The van der Waals surface area contributed by atoms with Crippen LogP contribution >= 0.6 is 11.3 Å². The van der Waals surface area contributed by atoms with Crippen LogP contribution in [0.2, 0.25) is 0 Å². The van der Waals surface area contributed by atoms with Gasteiger partial charge in [-0.15, -0.1) is 11.3 Å². The first kappa shape index (κ1) is 15.3. The van der Waals surface area contributed by atoms with Crippen molar-refractivity contribution in [1.29, 1.82) is 0 Å². The summed E-state index contributed by atoms with van der Waals surface area (Å²) in [5.74, 6) is -0.0853. The van der Waals surface area contributed by atoms with Crippen LogP contribution in [-0.2, 0) is 0 Å². The first-order valence-electron chi connectivity index (χ1n) is 7.40. The highest BCUT2D eigenvalue weighted by molar-refractivity contribution is 7.13. The Morgan fingerprint density at radius 1 is 1.16 bits per heavy atom. The van der Waals surface area contributed by atoms with Gasteiger partial charge >= 0.3 is 0 Å². The molecule has 1 amide bonds. The number of thiazole rings is 1. The Bertz CT molecular complexity index is 991. The van der Waals surface area contributed by atoms with Crippen LogP contribution in [0.15, 0.2) is 66.6 Å². The number of carbonyl (C=O) groups excluding carboxylic acids is 1. The molecule has 1 aromatic carbocycles. The molecule has 0 fully saturated rings. The van der Waals surface area contributed by atoms with E-state index in [2.05, 4.69) is 15.4 Å². The lowest BCUT2D eigenvalue weighted by Crippen LogP contribution is -2.15. The maximum atomic E-state index is 13.2. The van der Waals surface area contributed by atoms with Gasteiger partial charge < -0.3 is 4.57 Å². The number of hydrogen-bond acceptors (Lipinski definition) is 4. The van der Waals surface area contributed by atoms with Gasteiger partial charge in [-0.3, -0.25) is 10.1 Å². The molecule has 4 rings (SSSR count). The van der Waals surface area contributed by atoms with Crippen molar-refractivity contribution < 1.29 is 9.18 Å². The van der Waals surface area contributed by atoms with Gasteiger partial charge in [-0.2, -0.15) is 5.10 Å². The molecule has 0 bridgehead atoms. The molecule has 0 aliphatic carbocycles. The Balaban J connectivity index is 1.79. The number of nitrogens with one attached hydrogen (secondary N) is 1. The van der Waals surface area contributed by atoms with Crippen molar-refractivity contribution in [2.45, 2.75) is 0 Å². The summed E-state index contributed by atoms with van der Waals surface area (Å²) in [7, 11) is 0. The van der Waals surface area contributed by atoms with Gasteiger partial charge in [0.25, 0.3) is 5.91 Å². The normalized spacial score (nSPS) is 10.8. The van der Waals surface area contributed by atoms with Crippen molar-refractivity contribution in [1.82, 2.24) is 19.3 Å². The summed E-state index contributed by atoms with van der Waals surface area (Å²) in [4.78, 5) is 16.7. The number of nitrogens with zero attached hydrogens (tertiary/aromatic N) is 4. The first-order chi connectivity index (χ1) is 12.2. The number of benzene rings is 1. The zero-order chi connectivity index (χ0) is 17.2. The largest absolute Gasteiger partial charge is 0.308 e. The van der Waals surface area contributed by atoms with Crippen molar-refractivity contribution in [2.75, 3.05) is 5.32 Å². The van der Waals surface area contributed by atoms with Crippen LogP contribution in [0.4, 0.5) is 9.52 Å². The fourth-order valence-corrected chi connectivity index (χ4v) is 2.97. The highest BCUT2D eigenvalue weighted by Crippen LogP contribution is 2.22. The van der Waals surface area contributed by atoms with Crippen LogP contribution in [0.3, 0.4) is 0 Å². The molecule has 0 atom stereocenters. The molecular weight excluding hydrogens is 341 g/mol. The van der Waals surface area contributed by atoms with Crippen molar-refractivity contribution in [3.05, 3.63) is 77.9 Å². The van der Waals surface area contributed by atoms with E-state index in [9.17, 15) is 9.18 Å². The topological polar surface area (TPSA) is 64.7 Å². The van der Waals surface area contributed by atoms with E-state index >= 15 is 0 Å². The van der Waals surface area contributed by atoms with E-state index in [1.165, 1.54) is 29.7 Å². The SMILES string of the molecule is O=C(Nc1nccs1)c1cnn(-c2ccc(F)cc2)c1-n1cccc1. The molecule has 0 unspecified atom stereocenters. The number of hydrogen-bond donors (Lipinski definition) is 1. The first-order valence-corrected chi connectivity index (χ1v) is 8.28. The van der Waals surface area contributed by atoms with Gasteiger partial charge in [0, 0.05) is 24.0 Å². The predicted molar refractivity (Wildman–Crippen MR) is 92.9 cm³/mol. The molecule has 3 aromatic heterocycles. The third kappa shape index (κ3) is 2.94.